The number of carbonyl (C=O) groups excluding carboxylic acids is 1. The number of fused-ring (bicyclic) bond motifs is 2. The van der Waals surface area contributed by atoms with Gasteiger partial charge in [0.15, 0.2) is 0 Å². The SMILES string of the molecule is Cc1cc2ccccc2c(-c2cccc3cccnc23)c1C(COC(=O)C(C)(C)C)OC(C)(C)C. The summed E-state index contributed by atoms with van der Waals surface area (Å²) in [5, 5.41) is 3.35. The van der Waals surface area contributed by atoms with Crippen LogP contribution in [-0.2, 0) is 14.3 Å². The average Bonchev–Trinajstić information content (AvgIpc) is 2.79. The molecule has 0 aliphatic heterocycles. The lowest BCUT2D eigenvalue weighted by molar-refractivity contribution is -0.162. The first-order valence-corrected chi connectivity index (χ1v) is 12.2. The largest absolute Gasteiger partial charge is 0.462 e. The van der Waals surface area contributed by atoms with Crippen molar-refractivity contribution in [2.24, 2.45) is 5.41 Å². The van der Waals surface area contributed by atoms with E-state index in [0.717, 1.165) is 43.9 Å². The minimum absolute atomic E-state index is 0.137. The van der Waals surface area contributed by atoms with Crippen molar-refractivity contribution in [2.45, 2.75) is 60.2 Å². The highest BCUT2D eigenvalue weighted by molar-refractivity contribution is 6.06. The zero-order valence-corrected chi connectivity index (χ0v) is 21.8. The molecule has 0 saturated heterocycles. The molecule has 0 radical (unpaired) electrons. The Hall–Kier alpha value is -3.24. The average molecular weight is 470 g/mol. The fourth-order valence-electron chi connectivity index (χ4n) is 4.49. The van der Waals surface area contributed by atoms with Gasteiger partial charge in [0.1, 0.15) is 12.7 Å². The molecule has 4 aromatic rings. The van der Waals surface area contributed by atoms with Crippen LogP contribution < -0.4 is 0 Å². The van der Waals surface area contributed by atoms with Gasteiger partial charge in [0.05, 0.1) is 16.5 Å². The minimum Gasteiger partial charge on any atom is -0.462 e. The highest BCUT2D eigenvalue weighted by Crippen LogP contribution is 2.42. The molecule has 1 heterocycles. The van der Waals surface area contributed by atoms with Crippen LogP contribution >= 0.6 is 0 Å². The molecule has 0 amide bonds. The summed E-state index contributed by atoms with van der Waals surface area (Å²) in [6.45, 7) is 13.9. The van der Waals surface area contributed by atoms with Crippen molar-refractivity contribution in [1.29, 1.82) is 0 Å². The van der Waals surface area contributed by atoms with E-state index in [9.17, 15) is 4.79 Å². The summed E-state index contributed by atoms with van der Waals surface area (Å²) in [6.07, 6.45) is 1.39. The van der Waals surface area contributed by atoms with Crippen LogP contribution in [0.5, 0.6) is 0 Å². The Balaban J connectivity index is 1.99. The van der Waals surface area contributed by atoms with E-state index in [1.807, 2.05) is 53.8 Å². The Bertz CT molecular complexity index is 1370. The number of pyridine rings is 1. The lowest BCUT2D eigenvalue weighted by atomic mass is 9.86. The Morgan fingerprint density at radius 1 is 0.914 bits per heavy atom. The van der Waals surface area contributed by atoms with Crippen LogP contribution in [0.15, 0.2) is 66.9 Å². The number of para-hydroxylation sites is 1. The normalized spacial score (nSPS) is 13.2. The van der Waals surface area contributed by atoms with Crippen LogP contribution in [-0.4, -0.2) is 23.2 Å². The van der Waals surface area contributed by atoms with Crippen molar-refractivity contribution in [2.75, 3.05) is 6.61 Å². The molecule has 0 bridgehead atoms. The summed E-state index contributed by atoms with van der Waals surface area (Å²) in [5.74, 6) is -0.244. The van der Waals surface area contributed by atoms with Gasteiger partial charge in [0.2, 0.25) is 0 Å². The van der Waals surface area contributed by atoms with Gasteiger partial charge in [-0.05, 0) is 82.0 Å². The zero-order chi connectivity index (χ0) is 25.4. The topological polar surface area (TPSA) is 48.4 Å². The number of nitrogens with zero attached hydrogens (tertiary/aromatic N) is 1. The number of carbonyl (C=O) groups is 1. The molecule has 0 fully saturated rings. The van der Waals surface area contributed by atoms with Crippen LogP contribution in [0.25, 0.3) is 32.8 Å². The van der Waals surface area contributed by atoms with Gasteiger partial charge in [0, 0.05) is 17.1 Å². The maximum Gasteiger partial charge on any atom is 0.311 e. The molecule has 4 nitrogen and oxygen atoms in total. The first-order chi connectivity index (χ1) is 16.5. The molecule has 4 rings (SSSR count). The smallest absolute Gasteiger partial charge is 0.311 e. The molecule has 0 saturated carbocycles. The molecule has 0 aliphatic carbocycles. The predicted octanol–water partition coefficient (Wildman–Crippen LogP) is 7.81. The molecule has 0 spiro atoms. The number of rotatable bonds is 5. The zero-order valence-electron chi connectivity index (χ0n) is 21.8. The van der Waals surface area contributed by atoms with Crippen molar-refractivity contribution < 1.29 is 14.3 Å². The minimum atomic E-state index is -0.590. The third-order valence-corrected chi connectivity index (χ3v) is 5.99. The fraction of sp³-hybridized carbons (Fsp3) is 0.355. The Labute approximate surface area is 208 Å². The molecular formula is C31H35NO3. The number of benzene rings is 3. The first kappa shape index (κ1) is 24.9. The summed E-state index contributed by atoms with van der Waals surface area (Å²) < 4.78 is 12.4. The summed E-state index contributed by atoms with van der Waals surface area (Å²) in [4.78, 5) is 17.5. The van der Waals surface area contributed by atoms with Gasteiger partial charge in [-0.2, -0.15) is 0 Å². The highest BCUT2D eigenvalue weighted by atomic mass is 16.6. The predicted molar refractivity (Wildman–Crippen MR) is 143 cm³/mol. The van der Waals surface area contributed by atoms with Gasteiger partial charge in [-0.3, -0.25) is 9.78 Å². The van der Waals surface area contributed by atoms with Crippen molar-refractivity contribution in [3.8, 4) is 11.1 Å². The molecule has 3 aromatic carbocycles. The van der Waals surface area contributed by atoms with Crippen molar-refractivity contribution >= 4 is 27.6 Å². The van der Waals surface area contributed by atoms with Crippen molar-refractivity contribution in [3.63, 3.8) is 0 Å². The number of esters is 1. The summed E-state index contributed by atoms with van der Waals surface area (Å²) in [6, 6.07) is 20.9. The van der Waals surface area contributed by atoms with Crippen molar-refractivity contribution in [3.05, 3.63) is 78.0 Å². The lowest BCUT2D eigenvalue weighted by Gasteiger charge is -2.31. The summed E-state index contributed by atoms with van der Waals surface area (Å²) >= 11 is 0. The van der Waals surface area contributed by atoms with Gasteiger partial charge >= 0.3 is 5.97 Å². The van der Waals surface area contributed by atoms with E-state index in [0.29, 0.717) is 0 Å². The van der Waals surface area contributed by atoms with Crippen molar-refractivity contribution in [1.82, 2.24) is 4.98 Å². The van der Waals surface area contributed by atoms with E-state index >= 15 is 0 Å². The van der Waals surface area contributed by atoms with Crippen LogP contribution in [0.3, 0.4) is 0 Å². The monoisotopic (exact) mass is 469 g/mol. The fourth-order valence-corrected chi connectivity index (χ4v) is 4.49. The number of ether oxygens (including phenoxy) is 2. The van der Waals surface area contributed by atoms with Gasteiger partial charge in [-0.1, -0.05) is 54.6 Å². The third kappa shape index (κ3) is 5.38. The van der Waals surface area contributed by atoms with E-state index < -0.39 is 17.1 Å². The maximum atomic E-state index is 12.7. The molecule has 35 heavy (non-hydrogen) atoms. The molecule has 1 unspecified atom stereocenters. The molecule has 0 aliphatic rings. The Kier molecular flexibility index (Phi) is 6.70. The molecule has 1 aromatic heterocycles. The van der Waals surface area contributed by atoms with E-state index in [1.165, 1.54) is 0 Å². The third-order valence-electron chi connectivity index (χ3n) is 5.99. The van der Waals surface area contributed by atoms with Gasteiger partial charge in [-0.25, -0.2) is 0 Å². The van der Waals surface area contributed by atoms with Crippen LogP contribution in [0, 0.1) is 12.3 Å². The van der Waals surface area contributed by atoms with Crippen LogP contribution in [0.4, 0.5) is 0 Å². The van der Waals surface area contributed by atoms with E-state index in [4.69, 9.17) is 14.5 Å². The van der Waals surface area contributed by atoms with E-state index in [1.54, 1.807) is 0 Å². The maximum absolute atomic E-state index is 12.7. The molecule has 4 heteroatoms. The second-order valence-corrected chi connectivity index (χ2v) is 11.2. The second kappa shape index (κ2) is 9.43. The molecule has 1 atom stereocenters. The van der Waals surface area contributed by atoms with Crippen LogP contribution in [0.2, 0.25) is 0 Å². The number of hydrogen-bond donors (Lipinski definition) is 0. The number of aryl methyl sites for hydroxylation is 1. The summed E-state index contributed by atoms with van der Waals surface area (Å²) in [7, 11) is 0. The van der Waals surface area contributed by atoms with Crippen LogP contribution in [0.1, 0.15) is 58.8 Å². The van der Waals surface area contributed by atoms with Gasteiger partial charge in [0.25, 0.3) is 0 Å². The summed E-state index contributed by atoms with van der Waals surface area (Å²) in [5.41, 5.74) is 4.14. The Morgan fingerprint density at radius 2 is 1.60 bits per heavy atom. The molecule has 182 valence electrons. The standard InChI is InChI=1S/C31H35NO3/c1-20-18-22-12-8-9-15-23(22)27(24-16-10-13-21-14-11-17-32-28(21)24)26(20)25(35-31(5,6)7)19-34-29(33)30(2,3)4/h8-18,25H,19H2,1-7H3. The van der Waals surface area contributed by atoms with Gasteiger partial charge in [-0.15, -0.1) is 0 Å². The number of aromatic nitrogens is 1. The lowest BCUT2D eigenvalue weighted by Crippen LogP contribution is -2.30. The second-order valence-electron chi connectivity index (χ2n) is 11.2. The molecule has 0 N–H and O–H groups in total. The molecular weight excluding hydrogens is 434 g/mol. The van der Waals surface area contributed by atoms with E-state index in [2.05, 4.69) is 61.5 Å². The Morgan fingerprint density at radius 3 is 2.31 bits per heavy atom. The van der Waals surface area contributed by atoms with E-state index in [-0.39, 0.29) is 12.6 Å². The quantitative estimate of drug-likeness (QED) is 0.280. The number of hydrogen-bond acceptors (Lipinski definition) is 4. The first-order valence-electron chi connectivity index (χ1n) is 12.2. The highest BCUT2D eigenvalue weighted by Gasteiger charge is 2.30. The van der Waals surface area contributed by atoms with Gasteiger partial charge < -0.3 is 9.47 Å².